The summed E-state index contributed by atoms with van der Waals surface area (Å²) in [5.41, 5.74) is 1.33. The first-order valence-electron chi connectivity index (χ1n) is 5.18. The van der Waals surface area contributed by atoms with Crippen molar-refractivity contribution < 1.29 is 9.47 Å². The van der Waals surface area contributed by atoms with Crippen LogP contribution in [-0.2, 0) is 4.74 Å². The Morgan fingerprint density at radius 1 is 1.40 bits per heavy atom. The molecule has 1 heterocycles. The van der Waals surface area contributed by atoms with Gasteiger partial charge in [0.2, 0.25) is 0 Å². The van der Waals surface area contributed by atoms with E-state index in [2.05, 4.69) is 12.2 Å². The summed E-state index contributed by atoms with van der Waals surface area (Å²) in [5, 5.41) is 3.40. The second-order valence-electron chi connectivity index (χ2n) is 4.36. The summed E-state index contributed by atoms with van der Waals surface area (Å²) in [5.74, 6) is 0.890. The van der Waals surface area contributed by atoms with Crippen molar-refractivity contribution in [3.63, 3.8) is 0 Å². The first-order chi connectivity index (χ1) is 7.23. The molecular formula is C12H17NO2. The number of hydrogen-bond donors (Lipinski definition) is 1. The third-order valence-corrected chi connectivity index (χ3v) is 2.71. The fraction of sp³-hybridized carbons (Fsp3) is 0.500. The predicted octanol–water partition coefficient (Wildman–Crippen LogP) is 2.14. The topological polar surface area (TPSA) is 30.5 Å². The van der Waals surface area contributed by atoms with Crippen molar-refractivity contribution in [3.05, 3.63) is 24.3 Å². The Morgan fingerprint density at radius 2 is 2.13 bits per heavy atom. The molecule has 0 aliphatic carbocycles. The van der Waals surface area contributed by atoms with E-state index in [1.807, 2.05) is 24.3 Å². The molecule has 0 amide bonds. The van der Waals surface area contributed by atoms with Crippen LogP contribution in [0.25, 0.3) is 0 Å². The van der Waals surface area contributed by atoms with Gasteiger partial charge in [-0.15, -0.1) is 0 Å². The molecule has 0 radical (unpaired) electrons. The molecular weight excluding hydrogens is 190 g/mol. The zero-order valence-corrected chi connectivity index (χ0v) is 9.25. The number of benzene rings is 1. The highest BCUT2D eigenvalue weighted by Gasteiger charge is 2.33. The van der Waals surface area contributed by atoms with Gasteiger partial charge >= 0.3 is 0 Å². The van der Waals surface area contributed by atoms with Crippen molar-refractivity contribution in [2.45, 2.75) is 6.92 Å². The SMILES string of the molecule is COc1ccccc1NCC1(C)COC1. The molecule has 1 aliphatic heterocycles. The summed E-state index contributed by atoms with van der Waals surface area (Å²) >= 11 is 0. The van der Waals surface area contributed by atoms with Gasteiger partial charge in [0.15, 0.2) is 0 Å². The third-order valence-electron chi connectivity index (χ3n) is 2.71. The minimum atomic E-state index is 0.279. The third kappa shape index (κ3) is 2.23. The van der Waals surface area contributed by atoms with Gasteiger partial charge in [-0.05, 0) is 12.1 Å². The second kappa shape index (κ2) is 4.11. The van der Waals surface area contributed by atoms with Crippen molar-refractivity contribution in [3.8, 4) is 5.75 Å². The fourth-order valence-corrected chi connectivity index (χ4v) is 1.65. The van der Waals surface area contributed by atoms with Crippen LogP contribution in [0.4, 0.5) is 5.69 Å². The van der Waals surface area contributed by atoms with Crippen molar-refractivity contribution in [1.82, 2.24) is 0 Å². The molecule has 1 aliphatic rings. The van der Waals surface area contributed by atoms with Crippen LogP contribution in [0.2, 0.25) is 0 Å². The Kier molecular flexibility index (Phi) is 2.82. The van der Waals surface area contributed by atoms with Crippen molar-refractivity contribution in [1.29, 1.82) is 0 Å². The standard InChI is InChI=1S/C12H17NO2/c1-12(8-15-9-12)7-13-10-5-3-4-6-11(10)14-2/h3-6,13H,7-9H2,1-2H3. The van der Waals surface area contributed by atoms with Gasteiger partial charge in [0.1, 0.15) is 5.75 Å². The Balaban J connectivity index is 1.98. The molecule has 0 spiro atoms. The van der Waals surface area contributed by atoms with Crippen LogP contribution >= 0.6 is 0 Å². The Hall–Kier alpha value is -1.22. The number of para-hydroxylation sites is 2. The molecule has 1 aromatic carbocycles. The van der Waals surface area contributed by atoms with Gasteiger partial charge in [0.05, 0.1) is 26.0 Å². The van der Waals surface area contributed by atoms with E-state index < -0.39 is 0 Å². The summed E-state index contributed by atoms with van der Waals surface area (Å²) in [6, 6.07) is 7.96. The van der Waals surface area contributed by atoms with Crippen LogP contribution in [0, 0.1) is 5.41 Å². The van der Waals surface area contributed by atoms with E-state index in [1.54, 1.807) is 7.11 Å². The molecule has 3 heteroatoms. The highest BCUT2D eigenvalue weighted by atomic mass is 16.5. The Bertz CT molecular complexity index is 334. The molecule has 0 aromatic heterocycles. The molecule has 15 heavy (non-hydrogen) atoms. The van der Waals surface area contributed by atoms with E-state index >= 15 is 0 Å². The van der Waals surface area contributed by atoms with E-state index in [0.29, 0.717) is 0 Å². The maximum absolute atomic E-state index is 5.27. The molecule has 3 nitrogen and oxygen atoms in total. The molecule has 82 valence electrons. The lowest BCUT2D eigenvalue weighted by Crippen LogP contribution is -2.45. The quantitative estimate of drug-likeness (QED) is 0.820. The molecule has 0 saturated carbocycles. The van der Waals surface area contributed by atoms with Crippen LogP contribution in [-0.4, -0.2) is 26.9 Å². The van der Waals surface area contributed by atoms with E-state index in [4.69, 9.17) is 9.47 Å². The number of ether oxygens (including phenoxy) is 2. The summed E-state index contributed by atoms with van der Waals surface area (Å²) in [7, 11) is 1.69. The average Bonchev–Trinajstić information content (AvgIpc) is 2.24. The first kappa shape index (κ1) is 10.3. The van der Waals surface area contributed by atoms with Gasteiger partial charge in [0.25, 0.3) is 0 Å². The fourth-order valence-electron chi connectivity index (χ4n) is 1.65. The van der Waals surface area contributed by atoms with Crippen molar-refractivity contribution in [2.24, 2.45) is 5.41 Å². The van der Waals surface area contributed by atoms with Gasteiger partial charge in [0, 0.05) is 12.0 Å². The van der Waals surface area contributed by atoms with Crippen LogP contribution in [0.1, 0.15) is 6.92 Å². The second-order valence-corrected chi connectivity index (χ2v) is 4.36. The summed E-state index contributed by atoms with van der Waals surface area (Å²) in [6.45, 7) is 4.83. The van der Waals surface area contributed by atoms with Gasteiger partial charge in [-0.3, -0.25) is 0 Å². The lowest BCUT2D eigenvalue weighted by atomic mass is 9.88. The van der Waals surface area contributed by atoms with Gasteiger partial charge < -0.3 is 14.8 Å². The Morgan fingerprint density at radius 3 is 2.73 bits per heavy atom. The number of hydrogen-bond acceptors (Lipinski definition) is 3. The highest BCUT2D eigenvalue weighted by Crippen LogP contribution is 2.29. The maximum atomic E-state index is 5.27. The van der Waals surface area contributed by atoms with Crippen LogP contribution < -0.4 is 10.1 Å². The zero-order valence-electron chi connectivity index (χ0n) is 9.25. The largest absolute Gasteiger partial charge is 0.495 e. The summed E-state index contributed by atoms with van der Waals surface area (Å²) in [4.78, 5) is 0. The lowest BCUT2D eigenvalue weighted by Gasteiger charge is -2.38. The van der Waals surface area contributed by atoms with E-state index in [1.165, 1.54) is 0 Å². The van der Waals surface area contributed by atoms with Crippen LogP contribution in [0.15, 0.2) is 24.3 Å². The predicted molar refractivity (Wildman–Crippen MR) is 60.4 cm³/mol. The monoisotopic (exact) mass is 207 g/mol. The van der Waals surface area contributed by atoms with Crippen LogP contribution in [0.3, 0.4) is 0 Å². The molecule has 0 unspecified atom stereocenters. The maximum Gasteiger partial charge on any atom is 0.141 e. The smallest absolute Gasteiger partial charge is 0.141 e. The number of nitrogens with one attached hydrogen (secondary N) is 1. The molecule has 1 N–H and O–H groups in total. The molecule has 2 rings (SSSR count). The van der Waals surface area contributed by atoms with Crippen LogP contribution in [0.5, 0.6) is 5.75 Å². The molecule has 1 fully saturated rings. The van der Waals surface area contributed by atoms with Gasteiger partial charge in [-0.2, -0.15) is 0 Å². The van der Waals surface area contributed by atoms with Crippen molar-refractivity contribution in [2.75, 3.05) is 32.2 Å². The zero-order chi connectivity index (χ0) is 10.7. The highest BCUT2D eigenvalue weighted by molar-refractivity contribution is 5.56. The molecule has 1 aromatic rings. The average molecular weight is 207 g/mol. The first-order valence-corrected chi connectivity index (χ1v) is 5.18. The van der Waals surface area contributed by atoms with Gasteiger partial charge in [-0.25, -0.2) is 0 Å². The minimum absolute atomic E-state index is 0.279. The minimum Gasteiger partial charge on any atom is -0.495 e. The Labute approximate surface area is 90.4 Å². The number of methoxy groups -OCH3 is 1. The molecule has 0 atom stereocenters. The van der Waals surface area contributed by atoms with Gasteiger partial charge in [-0.1, -0.05) is 19.1 Å². The van der Waals surface area contributed by atoms with E-state index in [0.717, 1.165) is 31.2 Å². The summed E-state index contributed by atoms with van der Waals surface area (Å²) in [6.07, 6.45) is 0. The normalized spacial score (nSPS) is 18.0. The lowest BCUT2D eigenvalue weighted by molar-refractivity contribution is -0.0924. The number of rotatable bonds is 4. The molecule has 1 saturated heterocycles. The van der Waals surface area contributed by atoms with E-state index in [9.17, 15) is 0 Å². The molecule has 0 bridgehead atoms. The summed E-state index contributed by atoms with van der Waals surface area (Å²) < 4.78 is 10.5. The van der Waals surface area contributed by atoms with E-state index in [-0.39, 0.29) is 5.41 Å². The number of anilines is 1. The van der Waals surface area contributed by atoms with Crippen molar-refractivity contribution >= 4 is 5.69 Å².